The molecule has 0 aliphatic heterocycles. The van der Waals surface area contributed by atoms with Crippen LogP contribution in [0.15, 0.2) is 12.1 Å². The van der Waals surface area contributed by atoms with Crippen molar-refractivity contribution in [3.05, 3.63) is 34.5 Å². The van der Waals surface area contributed by atoms with Crippen LogP contribution >= 0.6 is 0 Å². The summed E-state index contributed by atoms with van der Waals surface area (Å²) in [5, 5.41) is 10.3. The molecule has 0 atom stereocenters. The summed E-state index contributed by atoms with van der Waals surface area (Å²) in [4.78, 5) is 11.2. The molecule has 2 rings (SSSR count). The van der Waals surface area contributed by atoms with Crippen molar-refractivity contribution >= 4 is 16.9 Å². The molecule has 2 aromatic rings. The fraction of sp³-hybridized carbons (Fsp3) is 0.357. The van der Waals surface area contributed by atoms with Gasteiger partial charge in [0.15, 0.2) is 0 Å². The van der Waals surface area contributed by atoms with Crippen LogP contribution in [0.2, 0.25) is 0 Å². The van der Waals surface area contributed by atoms with E-state index in [1.807, 2.05) is 19.9 Å². The third-order valence-electron chi connectivity index (χ3n) is 3.57. The number of carboxylic acids is 1. The number of aromatic carboxylic acids is 1. The summed E-state index contributed by atoms with van der Waals surface area (Å²) < 4.78 is 2.09. The molecule has 0 amide bonds. The van der Waals surface area contributed by atoms with Gasteiger partial charge in [0.25, 0.3) is 0 Å². The largest absolute Gasteiger partial charge is 0.478 e. The van der Waals surface area contributed by atoms with Gasteiger partial charge in [0.2, 0.25) is 0 Å². The highest BCUT2D eigenvalue weighted by Crippen LogP contribution is 2.28. The summed E-state index contributed by atoms with van der Waals surface area (Å²) >= 11 is 0. The second kappa shape index (κ2) is 4.46. The average Bonchev–Trinajstić information content (AvgIpc) is 2.54. The summed E-state index contributed by atoms with van der Waals surface area (Å²) in [5.41, 5.74) is 10.1. The minimum Gasteiger partial charge on any atom is -0.478 e. The molecule has 3 N–H and O–H groups in total. The summed E-state index contributed by atoms with van der Waals surface area (Å²) in [6.45, 7) is 7.18. The first-order valence-corrected chi connectivity index (χ1v) is 6.00. The van der Waals surface area contributed by atoms with Crippen LogP contribution in [0.25, 0.3) is 10.9 Å². The van der Waals surface area contributed by atoms with E-state index in [9.17, 15) is 9.90 Å². The molecule has 0 fully saturated rings. The number of hydrogen-bond donors (Lipinski definition) is 2. The predicted octanol–water partition coefficient (Wildman–Crippen LogP) is 2.22. The van der Waals surface area contributed by atoms with Crippen molar-refractivity contribution < 1.29 is 9.90 Å². The second-order valence-corrected chi connectivity index (χ2v) is 4.64. The number of benzene rings is 1. The van der Waals surface area contributed by atoms with E-state index in [0.29, 0.717) is 18.7 Å². The Labute approximate surface area is 106 Å². The lowest BCUT2D eigenvalue weighted by Gasteiger charge is -2.07. The van der Waals surface area contributed by atoms with E-state index >= 15 is 0 Å². The first-order valence-electron chi connectivity index (χ1n) is 6.00. The van der Waals surface area contributed by atoms with E-state index in [4.69, 9.17) is 5.73 Å². The van der Waals surface area contributed by atoms with Crippen LogP contribution in [0.3, 0.4) is 0 Å². The van der Waals surface area contributed by atoms with E-state index in [1.165, 1.54) is 5.56 Å². The molecule has 1 aromatic carbocycles. The molecule has 0 spiro atoms. The molecule has 4 heteroatoms. The zero-order valence-corrected chi connectivity index (χ0v) is 10.9. The van der Waals surface area contributed by atoms with Crippen LogP contribution in [0.1, 0.15) is 27.2 Å². The van der Waals surface area contributed by atoms with E-state index in [0.717, 1.165) is 22.2 Å². The van der Waals surface area contributed by atoms with Crippen LogP contribution in [-0.4, -0.2) is 22.2 Å². The smallest absolute Gasteiger partial charge is 0.336 e. The molecule has 0 radical (unpaired) electrons. The van der Waals surface area contributed by atoms with Crippen molar-refractivity contribution in [3.8, 4) is 0 Å². The number of carbonyl (C=O) groups is 1. The van der Waals surface area contributed by atoms with Gasteiger partial charge in [-0.25, -0.2) is 4.79 Å². The van der Waals surface area contributed by atoms with Gasteiger partial charge >= 0.3 is 5.97 Å². The number of carboxylic acid groups (broad SMARTS) is 1. The molecule has 4 nitrogen and oxygen atoms in total. The number of aromatic nitrogens is 1. The number of fused-ring (bicyclic) bond motifs is 1. The third kappa shape index (κ3) is 1.78. The fourth-order valence-electron chi connectivity index (χ4n) is 2.45. The Morgan fingerprint density at radius 1 is 1.33 bits per heavy atom. The Bertz CT molecular complexity index is 626. The Hall–Kier alpha value is -1.81. The molecular formula is C14H18N2O2. The van der Waals surface area contributed by atoms with Crippen LogP contribution < -0.4 is 5.73 Å². The van der Waals surface area contributed by atoms with Gasteiger partial charge in [-0.3, -0.25) is 0 Å². The summed E-state index contributed by atoms with van der Waals surface area (Å²) in [6, 6.07) is 3.71. The second-order valence-electron chi connectivity index (χ2n) is 4.64. The minimum absolute atomic E-state index is 0.360. The Balaban J connectivity index is 2.81. The SMILES string of the molecule is Cc1cc2c(C)c(C)n(CCN)c2cc1C(=O)O. The standard InChI is InChI=1S/C14H18N2O2/c1-8-6-12-9(2)10(3)16(5-4-15)13(12)7-11(8)14(17)18/h6-7H,4-5,15H2,1-3H3,(H,17,18). The molecule has 0 saturated heterocycles. The number of nitrogens with two attached hydrogens (primary N) is 1. The predicted molar refractivity (Wildman–Crippen MR) is 72.2 cm³/mol. The maximum Gasteiger partial charge on any atom is 0.336 e. The monoisotopic (exact) mass is 246 g/mol. The zero-order valence-electron chi connectivity index (χ0n) is 10.9. The van der Waals surface area contributed by atoms with Crippen molar-refractivity contribution in [1.29, 1.82) is 0 Å². The van der Waals surface area contributed by atoms with E-state index in [1.54, 1.807) is 6.07 Å². The quantitative estimate of drug-likeness (QED) is 0.872. The lowest BCUT2D eigenvalue weighted by atomic mass is 10.0. The van der Waals surface area contributed by atoms with E-state index < -0.39 is 5.97 Å². The highest BCUT2D eigenvalue weighted by Gasteiger charge is 2.15. The molecule has 1 heterocycles. The average molecular weight is 246 g/mol. The van der Waals surface area contributed by atoms with Gasteiger partial charge in [0.05, 0.1) is 5.56 Å². The summed E-state index contributed by atoms with van der Waals surface area (Å²) in [5.74, 6) is -0.884. The lowest BCUT2D eigenvalue weighted by Crippen LogP contribution is -2.11. The highest BCUT2D eigenvalue weighted by atomic mass is 16.4. The molecule has 0 saturated carbocycles. The van der Waals surface area contributed by atoms with Crippen molar-refractivity contribution in [3.63, 3.8) is 0 Å². The van der Waals surface area contributed by atoms with Gasteiger partial charge in [0.1, 0.15) is 0 Å². The van der Waals surface area contributed by atoms with Gasteiger partial charge in [-0.2, -0.15) is 0 Å². The van der Waals surface area contributed by atoms with Gasteiger partial charge < -0.3 is 15.4 Å². The van der Waals surface area contributed by atoms with Crippen molar-refractivity contribution in [2.24, 2.45) is 5.73 Å². The number of aryl methyl sites for hydroxylation is 2. The van der Waals surface area contributed by atoms with Gasteiger partial charge in [0, 0.05) is 29.7 Å². The Morgan fingerprint density at radius 3 is 2.56 bits per heavy atom. The maximum atomic E-state index is 11.2. The number of nitrogens with zero attached hydrogens (tertiary/aromatic N) is 1. The minimum atomic E-state index is -0.884. The molecule has 0 unspecified atom stereocenters. The maximum absolute atomic E-state index is 11.2. The van der Waals surface area contributed by atoms with Crippen LogP contribution in [0.5, 0.6) is 0 Å². The highest BCUT2D eigenvalue weighted by molar-refractivity contribution is 5.96. The van der Waals surface area contributed by atoms with Crippen molar-refractivity contribution in [2.45, 2.75) is 27.3 Å². The van der Waals surface area contributed by atoms with Crippen molar-refractivity contribution in [2.75, 3.05) is 6.54 Å². The molecule has 0 aliphatic carbocycles. The van der Waals surface area contributed by atoms with Gasteiger partial charge in [-0.1, -0.05) is 0 Å². The number of hydrogen-bond acceptors (Lipinski definition) is 2. The molecule has 0 bridgehead atoms. The molecule has 0 aliphatic rings. The van der Waals surface area contributed by atoms with Gasteiger partial charge in [-0.15, -0.1) is 0 Å². The lowest BCUT2D eigenvalue weighted by molar-refractivity contribution is 0.0696. The molecule has 1 aromatic heterocycles. The topological polar surface area (TPSA) is 68.2 Å². The first-order chi connectivity index (χ1) is 8.47. The Kier molecular flexibility index (Phi) is 3.13. The first kappa shape index (κ1) is 12.6. The van der Waals surface area contributed by atoms with E-state index in [2.05, 4.69) is 11.5 Å². The van der Waals surface area contributed by atoms with Gasteiger partial charge in [-0.05, 0) is 44.0 Å². The molecule has 96 valence electrons. The van der Waals surface area contributed by atoms with Crippen LogP contribution in [0.4, 0.5) is 0 Å². The number of rotatable bonds is 3. The molecular weight excluding hydrogens is 228 g/mol. The fourth-order valence-corrected chi connectivity index (χ4v) is 2.45. The van der Waals surface area contributed by atoms with Crippen LogP contribution in [-0.2, 0) is 6.54 Å². The van der Waals surface area contributed by atoms with E-state index in [-0.39, 0.29) is 0 Å². The van der Waals surface area contributed by atoms with Crippen molar-refractivity contribution in [1.82, 2.24) is 4.57 Å². The van der Waals surface area contributed by atoms with Crippen LogP contribution in [0, 0.1) is 20.8 Å². The normalized spacial score (nSPS) is 11.1. The Morgan fingerprint density at radius 2 is 2.00 bits per heavy atom. The summed E-state index contributed by atoms with van der Waals surface area (Å²) in [6.07, 6.45) is 0. The third-order valence-corrected chi connectivity index (χ3v) is 3.57. The zero-order chi connectivity index (χ0) is 13.4. The summed E-state index contributed by atoms with van der Waals surface area (Å²) in [7, 11) is 0. The molecule has 18 heavy (non-hydrogen) atoms.